The number of carbonyl (C=O) groups excluding carboxylic acids is 1. The van der Waals surface area contributed by atoms with Crippen molar-refractivity contribution in [3.05, 3.63) is 101 Å². The minimum atomic E-state index is 0.00503. The van der Waals surface area contributed by atoms with Crippen LogP contribution in [-0.2, 0) is 19.4 Å². The Morgan fingerprint density at radius 3 is 2.47 bits per heavy atom. The molecule has 0 radical (unpaired) electrons. The van der Waals surface area contributed by atoms with Gasteiger partial charge >= 0.3 is 0 Å². The van der Waals surface area contributed by atoms with E-state index in [-0.39, 0.29) is 11.9 Å². The van der Waals surface area contributed by atoms with Gasteiger partial charge in [-0.1, -0.05) is 60.7 Å². The van der Waals surface area contributed by atoms with Gasteiger partial charge in [0.05, 0.1) is 0 Å². The van der Waals surface area contributed by atoms with Gasteiger partial charge in [0.15, 0.2) is 0 Å². The Morgan fingerprint density at radius 1 is 0.933 bits per heavy atom. The monoisotopic (exact) mass is 398 g/mol. The van der Waals surface area contributed by atoms with E-state index in [9.17, 15) is 4.79 Å². The summed E-state index contributed by atoms with van der Waals surface area (Å²) in [6, 6.07) is 27.3. The van der Waals surface area contributed by atoms with Crippen molar-refractivity contribution in [2.24, 2.45) is 0 Å². The number of carbonyl (C=O) groups is 1. The Morgan fingerprint density at radius 2 is 1.67 bits per heavy atom. The third kappa shape index (κ3) is 5.10. The van der Waals surface area contributed by atoms with Crippen molar-refractivity contribution < 1.29 is 4.79 Å². The largest absolute Gasteiger partial charge is 0.367 e. The van der Waals surface area contributed by atoms with Crippen LogP contribution in [0.5, 0.6) is 0 Å². The second-order valence-corrected chi connectivity index (χ2v) is 8.25. The van der Waals surface area contributed by atoms with Crippen molar-refractivity contribution in [1.82, 2.24) is 5.32 Å². The Hall–Kier alpha value is -3.07. The molecule has 0 saturated carbocycles. The van der Waals surface area contributed by atoms with E-state index in [2.05, 4.69) is 77.8 Å². The molecule has 30 heavy (non-hydrogen) atoms. The lowest BCUT2D eigenvalue weighted by Crippen LogP contribution is -2.33. The number of hydrogen-bond acceptors (Lipinski definition) is 2. The minimum Gasteiger partial charge on any atom is -0.367 e. The zero-order valence-electron chi connectivity index (χ0n) is 17.7. The average Bonchev–Trinajstić information content (AvgIpc) is 2.79. The topological polar surface area (TPSA) is 32.3 Å². The zero-order chi connectivity index (χ0) is 20.8. The van der Waals surface area contributed by atoms with Gasteiger partial charge in [-0.05, 0) is 67.5 Å². The number of benzene rings is 3. The molecular formula is C27H30N2O. The lowest BCUT2D eigenvalue weighted by Gasteiger charge is -2.31. The second kappa shape index (κ2) is 9.62. The van der Waals surface area contributed by atoms with Gasteiger partial charge < -0.3 is 10.2 Å². The van der Waals surface area contributed by atoms with Crippen molar-refractivity contribution in [3.8, 4) is 0 Å². The summed E-state index contributed by atoms with van der Waals surface area (Å²) >= 11 is 0. The standard InChI is InChI=1S/C27H30N2O/c1-21(13-14-22-8-3-2-4-9-22)28-27(30)25-17-15-23(16-18-25)20-29-19-7-11-24-10-5-6-12-26(24)29/h2-6,8-10,12,15-18,21H,7,11,13-14,19-20H2,1H3,(H,28,30). The SMILES string of the molecule is CC(CCc1ccccc1)NC(=O)c1ccc(CN2CCCc3ccccc32)cc1. The molecule has 1 aliphatic heterocycles. The number of amides is 1. The first kappa shape index (κ1) is 20.2. The maximum atomic E-state index is 12.6. The smallest absolute Gasteiger partial charge is 0.251 e. The fourth-order valence-electron chi connectivity index (χ4n) is 4.16. The van der Waals surface area contributed by atoms with Crippen LogP contribution in [0.3, 0.4) is 0 Å². The molecule has 0 bridgehead atoms. The van der Waals surface area contributed by atoms with Gasteiger partial charge in [-0.2, -0.15) is 0 Å². The van der Waals surface area contributed by atoms with E-state index in [0.29, 0.717) is 0 Å². The molecule has 0 aromatic heterocycles. The number of nitrogens with zero attached hydrogens (tertiary/aromatic N) is 1. The predicted octanol–water partition coefficient (Wildman–Crippen LogP) is 5.39. The molecule has 3 aromatic rings. The van der Waals surface area contributed by atoms with Crippen LogP contribution in [0.2, 0.25) is 0 Å². The summed E-state index contributed by atoms with van der Waals surface area (Å²) in [6.07, 6.45) is 4.26. The van der Waals surface area contributed by atoms with Gasteiger partial charge in [-0.3, -0.25) is 4.79 Å². The Balaban J connectivity index is 1.31. The molecule has 0 aliphatic carbocycles. The number of rotatable bonds is 7. The molecule has 3 heteroatoms. The highest BCUT2D eigenvalue weighted by molar-refractivity contribution is 5.94. The van der Waals surface area contributed by atoms with Crippen LogP contribution in [0.4, 0.5) is 5.69 Å². The van der Waals surface area contributed by atoms with E-state index < -0.39 is 0 Å². The van der Waals surface area contributed by atoms with Gasteiger partial charge in [0.1, 0.15) is 0 Å². The Labute approximate surface area is 179 Å². The van der Waals surface area contributed by atoms with E-state index in [4.69, 9.17) is 0 Å². The van der Waals surface area contributed by atoms with E-state index >= 15 is 0 Å². The first-order valence-corrected chi connectivity index (χ1v) is 11.0. The fraction of sp³-hybridized carbons (Fsp3) is 0.296. The molecule has 1 aliphatic rings. The van der Waals surface area contributed by atoms with Crippen LogP contribution in [0.25, 0.3) is 0 Å². The summed E-state index contributed by atoms with van der Waals surface area (Å²) < 4.78 is 0. The van der Waals surface area contributed by atoms with Crippen LogP contribution in [0.1, 0.15) is 46.8 Å². The molecule has 4 rings (SSSR count). The highest BCUT2D eigenvalue weighted by atomic mass is 16.1. The minimum absolute atomic E-state index is 0.00503. The van der Waals surface area contributed by atoms with E-state index in [1.54, 1.807) is 0 Å². The molecule has 3 nitrogen and oxygen atoms in total. The van der Waals surface area contributed by atoms with Crippen molar-refractivity contribution in [2.45, 2.75) is 45.2 Å². The van der Waals surface area contributed by atoms with Crippen LogP contribution in [0.15, 0.2) is 78.9 Å². The first-order chi connectivity index (χ1) is 14.7. The summed E-state index contributed by atoms with van der Waals surface area (Å²) in [5, 5.41) is 3.13. The summed E-state index contributed by atoms with van der Waals surface area (Å²) in [5.74, 6) is 0.00503. The van der Waals surface area contributed by atoms with Gasteiger partial charge in [0.25, 0.3) is 5.91 Å². The maximum absolute atomic E-state index is 12.6. The molecule has 1 unspecified atom stereocenters. The number of hydrogen-bond donors (Lipinski definition) is 1. The molecule has 3 aromatic carbocycles. The van der Waals surface area contributed by atoms with E-state index in [1.165, 1.54) is 28.8 Å². The second-order valence-electron chi connectivity index (χ2n) is 8.25. The van der Waals surface area contributed by atoms with Crippen molar-refractivity contribution >= 4 is 11.6 Å². The highest BCUT2D eigenvalue weighted by Gasteiger charge is 2.16. The molecule has 0 fully saturated rings. The Kier molecular flexibility index (Phi) is 6.48. The maximum Gasteiger partial charge on any atom is 0.251 e. The predicted molar refractivity (Wildman–Crippen MR) is 124 cm³/mol. The first-order valence-electron chi connectivity index (χ1n) is 11.0. The summed E-state index contributed by atoms with van der Waals surface area (Å²) in [6.45, 7) is 4.04. The van der Waals surface area contributed by atoms with Gasteiger partial charge in [-0.25, -0.2) is 0 Å². The number of nitrogens with one attached hydrogen (secondary N) is 1. The molecule has 0 spiro atoms. The summed E-state index contributed by atoms with van der Waals surface area (Å²) in [7, 11) is 0. The van der Waals surface area contributed by atoms with Crippen molar-refractivity contribution in [3.63, 3.8) is 0 Å². The highest BCUT2D eigenvalue weighted by Crippen LogP contribution is 2.28. The summed E-state index contributed by atoms with van der Waals surface area (Å²) in [5.41, 5.74) is 6.05. The lowest BCUT2D eigenvalue weighted by atomic mass is 10.0. The van der Waals surface area contributed by atoms with Gasteiger partial charge in [-0.15, -0.1) is 0 Å². The van der Waals surface area contributed by atoms with Crippen LogP contribution >= 0.6 is 0 Å². The van der Waals surface area contributed by atoms with Crippen LogP contribution in [-0.4, -0.2) is 18.5 Å². The van der Waals surface area contributed by atoms with Crippen molar-refractivity contribution in [2.75, 3.05) is 11.4 Å². The third-order valence-electron chi connectivity index (χ3n) is 5.88. The van der Waals surface area contributed by atoms with E-state index in [0.717, 1.165) is 37.9 Å². The lowest BCUT2D eigenvalue weighted by molar-refractivity contribution is 0.0938. The zero-order valence-corrected chi connectivity index (χ0v) is 17.7. The third-order valence-corrected chi connectivity index (χ3v) is 5.88. The molecule has 1 N–H and O–H groups in total. The number of fused-ring (bicyclic) bond motifs is 1. The van der Waals surface area contributed by atoms with Crippen LogP contribution in [0, 0.1) is 0 Å². The molecule has 1 amide bonds. The average molecular weight is 399 g/mol. The number of anilines is 1. The normalized spacial score (nSPS) is 14.1. The molecule has 1 atom stereocenters. The fourth-order valence-corrected chi connectivity index (χ4v) is 4.16. The quantitative estimate of drug-likeness (QED) is 0.579. The van der Waals surface area contributed by atoms with E-state index in [1.807, 2.05) is 18.2 Å². The molecular weight excluding hydrogens is 368 g/mol. The van der Waals surface area contributed by atoms with Crippen LogP contribution < -0.4 is 10.2 Å². The number of para-hydroxylation sites is 1. The summed E-state index contributed by atoms with van der Waals surface area (Å²) in [4.78, 5) is 15.1. The van der Waals surface area contributed by atoms with Gasteiger partial charge in [0.2, 0.25) is 0 Å². The van der Waals surface area contributed by atoms with Gasteiger partial charge in [0, 0.05) is 30.4 Å². The Bertz CT molecular complexity index is 966. The molecule has 0 saturated heterocycles. The molecule has 1 heterocycles. The van der Waals surface area contributed by atoms with Crippen molar-refractivity contribution in [1.29, 1.82) is 0 Å². The number of aryl methyl sites for hydroxylation is 2. The molecule has 154 valence electrons.